The lowest BCUT2D eigenvalue weighted by Gasteiger charge is -2.12. The Morgan fingerprint density at radius 3 is 2.60 bits per heavy atom. The van der Waals surface area contributed by atoms with Gasteiger partial charge in [0.25, 0.3) is 5.91 Å². The molecule has 0 aromatic carbocycles. The Bertz CT molecular complexity index is 536. The van der Waals surface area contributed by atoms with Crippen LogP contribution in [0.1, 0.15) is 47.9 Å². The maximum absolute atomic E-state index is 12.3. The van der Waals surface area contributed by atoms with Crippen LogP contribution in [0, 0.1) is 19.8 Å². The number of carboxylic acid groups (broad SMARTS) is 1. The summed E-state index contributed by atoms with van der Waals surface area (Å²) in [5, 5.41) is 16.3. The summed E-state index contributed by atoms with van der Waals surface area (Å²) in [6, 6.07) is -0.0487. The van der Waals surface area contributed by atoms with Crippen molar-refractivity contribution in [3.63, 3.8) is 0 Å². The van der Waals surface area contributed by atoms with Gasteiger partial charge in [0, 0.05) is 18.3 Å². The van der Waals surface area contributed by atoms with Crippen LogP contribution in [0.25, 0.3) is 0 Å². The molecular formula is C14H21N3O3. The number of nitrogens with zero attached hydrogens (tertiary/aromatic N) is 2. The Hall–Kier alpha value is -1.85. The third-order valence-corrected chi connectivity index (χ3v) is 4.03. The van der Waals surface area contributed by atoms with E-state index in [0.717, 1.165) is 24.4 Å². The van der Waals surface area contributed by atoms with Crippen LogP contribution >= 0.6 is 0 Å². The van der Waals surface area contributed by atoms with Crippen LogP contribution in [0.2, 0.25) is 0 Å². The van der Waals surface area contributed by atoms with Crippen LogP contribution in [-0.4, -0.2) is 32.8 Å². The monoisotopic (exact) mass is 279 g/mol. The lowest BCUT2D eigenvalue weighted by Crippen LogP contribution is -2.34. The second-order valence-electron chi connectivity index (χ2n) is 5.38. The largest absolute Gasteiger partial charge is 0.481 e. The molecule has 6 heteroatoms. The van der Waals surface area contributed by atoms with Gasteiger partial charge in [-0.1, -0.05) is 0 Å². The molecule has 0 saturated heterocycles. The van der Waals surface area contributed by atoms with Gasteiger partial charge in [0.1, 0.15) is 0 Å². The van der Waals surface area contributed by atoms with Gasteiger partial charge in [-0.15, -0.1) is 0 Å². The topological polar surface area (TPSA) is 84.2 Å². The van der Waals surface area contributed by atoms with Gasteiger partial charge in [-0.25, -0.2) is 0 Å². The number of nitrogens with one attached hydrogen (secondary N) is 1. The Morgan fingerprint density at radius 1 is 1.40 bits per heavy atom. The summed E-state index contributed by atoms with van der Waals surface area (Å²) in [5.74, 6) is -1.25. The second-order valence-corrected chi connectivity index (χ2v) is 5.38. The van der Waals surface area contributed by atoms with E-state index in [0.29, 0.717) is 18.4 Å². The van der Waals surface area contributed by atoms with Crippen molar-refractivity contribution in [1.82, 2.24) is 15.1 Å². The predicted octanol–water partition coefficient (Wildman–Crippen LogP) is 1.50. The molecule has 1 saturated carbocycles. The molecule has 1 aromatic heterocycles. The molecule has 0 unspecified atom stereocenters. The fraction of sp³-hybridized carbons (Fsp3) is 0.643. The number of carbonyl (C=O) groups excluding carboxylic acids is 1. The third-order valence-electron chi connectivity index (χ3n) is 4.03. The third kappa shape index (κ3) is 2.69. The van der Waals surface area contributed by atoms with Crippen LogP contribution < -0.4 is 5.32 Å². The van der Waals surface area contributed by atoms with Gasteiger partial charge in [-0.2, -0.15) is 5.10 Å². The zero-order chi connectivity index (χ0) is 14.9. The van der Waals surface area contributed by atoms with Gasteiger partial charge >= 0.3 is 5.97 Å². The number of aliphatic carboxylic acids is 1. The van der Waals surface area contributed by atoms with Gasteiger partial charge in [0.15, 0.2) is 0 Å². The molecule has 2 rings (SSSR count). The van der Waals surface area contributed by atoms with Crippen LogP contribution in [0.5, 0.6) is 0 Å². The molecule has 110 valence electrons. The van der Waals surface area contributed by atoms with E-state index in [1.165, 1.54) is 0 Å². The molecule has 0 spiro atoms. The lowest BCUT2D eigenvalue weighted by atomic mass is 10.1. The van der Waals surface area contributed by atoms with Crippen molar-refractivity contribution < 1.29 is 14.7 Å². The average molecular weight is 279 g/mol. The minimum absolute atomic E-state index is 0.0487. The highest BCUT2D eigenvalue weighted by atomic mass is 16.4. The maximum atomic E-state index is 12.3. The number of amides is 1. The first-order chi connectivity index (χ1) is 9.43. The summed E-state index contributed by atoms with van der Waals surface area (Å²) < 4.78 is 1.80. The number of aromatic nitrogens is 2. The molecule has 0 radical (unpaired) electrons. The summed E-state index contributed by atoms with van der Waals surface area (Å²) in [4.78, 5) is 23.3. The smallest absolute Gasteiger partial charge is 0.306 e. The van der Waals surface area contributed by atoms with Gasteiger partial charge in [-0.3, -0.25) is 14.3 Å². The highest BCUT2D eigenvalue weighted by molar-refractivity contribution is 5.96. The lowest BCUT2D eigenvalue weighted by molar-refractivity contribution is -0.141. The van der Waals surface area contributed by atoms with Crippen molar-refractivity contribution in [2.45, 2.75) is 52.6 Å². The number of rotatable bonds is 4. The minimum atomic E-state index is -0.770. The molecule has 20 heavy (non-hydrogen) atoms. The normalized spacial score (nSPS) is 21.9. The van der Waals surface area contributed by atoms with E-state index in [4.69, 9.17) is 5.11 Å². The quantitative estimate of drug-likeness (QED) is 0.874. The van der Waals surface area contributed by atoms with Crippen molar-refractivity contribution in [3.8, 4) is 0 Å². The van der Waals surface area contributed by atoms with Crippen molar-refractivity contribution in [2.24, 2.45) is 5.92 Å². The molecule has 2 atom stereocenters. The summed E-state index contributed by atoms with van der Waals surface area (Å²) >= 11 is 0. The standard InChI is InChI=1S/C14H21N3O3/c1-4-17-9(3)12(8(2)16-17)13(18)15-11-6-5-10(7-11)14(19)20/h10-11H,4-7H2,1-3H3,(H,15,18)(H,19,20)/t10-,11+/m1/s1. The fourth-order valence-corrected chi connectivity index (χ4v) is 2.93. The number of aryl methyl sites for hydroxylation is 2. The molecule has 2 N–H and O–H groups in total. The van der Waals surface area contributed by atoms with Gasteiger partial charge < -0.3 is 10.4 Å². The van der Waals surface area contributed by atoms with Gasteiger partial charge in [0.2, 0.25) is 0 Å². The molecule has 0 aliphatic heterocycles. The van der Waals surface area contributed by atoms with E-state index < -0.39 is 5.97 Å². The average Bonchev–Trinajstić information content (AvgIpc) is 2.94. The fourth-order valence-electron chi connectivity index (χ4n) is 2.93. The molecule has 1 aliphatic carbocycles. The van der Waals surface area contributed by atoms with E-state index in [2.05, 4.69) is 10.4 Å². The summed E-state index contributed by atoms with van der Waals surface area (Å²) in [6.07, 6.45) is 1.87. The highest BCUT2D eigenvalue weighted by Gasteiger charge is 2.31. The van der Waals surface area contributed by atoms with Crippen molar-refractivity contribution in [2.75, 3.05) is 0 Å². The molecule has 1 heterocycles. The molecule has 1 fully saturated rings. The molecule has 6 nitrogen and oxygen atoms in total. The summed E-state index contributed by atoms with van der Waals surface area (Å²) in [5.41, 5.74) is 2.19. The predicted molar refractivity (Wildman–Crippen MR) is 73.6 cm³/mol. The van der Waals surface area contributed by atoms with Crippen molar-refractivity contribution >= 4 is 11.9 Å². The zero-order valence-corrected chi connectivity index (χ0v) is 12.1. The minimum Gasteiger partial charge on any atom is -0.481 e. The Balaban J connectivity index is 2.06. The number of hydrogen-bond donors (Lipinski definition) is 2. The number of carboxylic acids is 1. The molecule has 1 aromatic rings. The van der Waals surface area contributed by atoms with Crippen LogP contribution in [0.15, 0.2) is 0 Å². The Morgan fingerprint density at radius 2 is 2.10 bits per heavy atom. The van der Waals surface area contributed by atoms with E-state index in [9.17, 15) is 9.59 Å². The Kier molecular flexibility index (Phi) is 4.11. The van der Waals surface area contributed by atoms with E-state index in [1.54, 1.807) is 4.68 Å². The second kappa shape index (κ2) is 5.64. The molecular weight excluding hydrogens is 258 g/mol. The first-order valence-electron chi connectivity index (χ1n) is 7.01. The number of carbonyl (C=O) groups is 2. The molecule has 1 amide bonds. The first kappa shape index (κ1) is 14.6. The van der Waals surface area contributed by atoms with E-state index >= 15 is 0 Å². The highest BCUT2D eigenvalue weighted by Crippen LogP contribution is 2.26. The van der Waals surface area contributed by atoms with Crippen LogP contribution in [0.4, 0.5) is 0 Å². The first-order valence-corrected chi connectivity index (χ1v) is 7.01. The molecule has 0 bridgehead atoms. The summed E-state index contributed by atoms with van der Waals surface area (Å²) in [7, 11) is 0. The van der Waals surface area contributed by atoms with Crippen molar-refractivity contribution in [3.05, 3.63) is 17.0 Å². The van der Waals surface area contributed by atoms with Crippen LogP contribution in [0.3, 0.4) is 0 Å². The maximum Gasteiger partial charge on any atom is 0.306 e. The van der Waals surface area contributed by atoms with Gasteiger partial charge in [0.05, 0.1) is 17.2 Å². The van der Waals surface area contributed by atoms with Crippen molar-refractivity contribution in [1.29, 1.82) is 0 Å². The number of hydrogen-bond acceptors (Lipinski definition) is 3. The summed E-state index contributed by atoms with van der Waals surface area (Å²) in [6.45, 7) is 6.41. The van der Waals surface area contributed by atoms with E-state index in [1.807, 2.05) is 20.8 Å². The zero-order valence-electron chi connectivity index (χ0n) is 12.1. The van der Waals surface area contributed by atoms with E-state index in [-0.39, 0.29) is 17.9 Å². The Labute approximate surface area is 118 Å². The van der Waals surface area contributed by atoms with Crippen LogP contribution in [-0.2, 0) is 11.3 Å². The molecule has 1 aliphatic rings. The van der Waals surface area contributed by atoms with Gasteiger partial charge in [-0.05, 0) is 40.0 Å². The SMILES string of the molecule is CCn1nc(C)c(C(=O)N[C@H]2CC[C@@H](C(=O)O)C2)c1C.